The predicted molar refractivity (Wildman–Crippen MR) is 82.5 cm³/mol. The van der Waals surface area contributed by atoms with Crippen LogP contribution < -0.4 is 9.47 Å². The number of methoxy groups -OCH3 is 2. The number of ether oxygens (including phenoxy) is 3. The van der Waals surface area contributed by atoms with Crippen molar-refractivity contribution in [3.63, 3.8) is 0 Å². The fourth-order valence-corrected chi connectivity index (χ4v) is 2.92. The van der Waals surface area contributed by atoms with Crippen molar-refractivity contribution in [2.45, 2.75) is 13.5 Å². The summed E-state index contributed by atoms with van der Waals surface area (Å²) in [5.41, 5.74) is 0.944. The number of benzene rings is 1. The number of hydrogen-bond donors (Lipinski definition) is 0. The SMILES string of the molecule is CCOc1ccc(-c2nn3c(COC)nnc3s2)cc1OC. The van der Waals surface area contributed by atoms with E-state index in [0.29, 0.717) is 24.8 Å². The largest absolute Gasteiger partial charge is 0.493 e. The Kier molecular flexibility index (Phi) is 4.21. The van der Waals surface area contributed by atoms with Crippen LogP contribution in [0.25, 0.3) is 15.5 Å². The average molecular weight is 320 g/mol. The Bertz CT molecular complexity index is 784. The van der Waals surface area contributed by atoms with Gasteiger partial charge in [0.1, 0.15) is 11.6 Å². The maximum Gasteiger partial charge on any atom is 0.235 e. The normalized spacial score (nSPS) is 11.0. The molecule has 1 aromatic carbocycles. The molecule has 0 spiro atoms. The predicted octanol–water partition coefficient (Wildman–Crippen LogP) is 2.41. The van der Waals surface area contributed by atoms with E-state index in [1.54, 1.807) is 18.7 Å². The number of nitrogens with zero attached hydrogens (tertiary/aromatic N) is 4. The van der Waals surface area contributed by atoms with Crippen LogP contribution in [0.3, 0.4) is 0 Å². The third-order valence-electron chi connectivity index (χ3n) is 3.04. The monoisotopic (exact) mass is 320 g/mol. The second-order valence-electron chi connectivity index (χ2n) is 4.45. The Labute approximate surface area is 131 Å². The lowest BCUT2D eigenvalue weighted by Gasteiger charge is -2.09. The molecule has 0 saturated heterocycles. The highest BCUT2D eigenvalue weighted by Gasteiger charge is 2.14. The van der Waals surface area contributed by atoms with Crippen molar-refractivity contribution >= 4 is 16.3 Å². The van der Waals surface area contributed by atoms with Crippen molar-refractivity contribution < 1.29 is 14.2 Å². The molecule has 0 bridgehead atoms. The molecule has 7 nitrogen and oxygen atoms in total. The van der Waals surface area contributed by atoms with Crippen LogP contribution in [0.2, 0.25) is 0 Å². The van der Waals surface area contributed by atoms with E-state index in [0.717, 1.165) is 21.3 Å². The number of aromatic nitrogens is 4. The third kappa shape index (κ3) is 2.62. The Morgan fingerprint density at radius 3 is 2.77 bits per heavy atom. The van der Waals surface area contributed by atoms with Crippen molar-refractivity contribution in [3.8, 4) is 22.1 Å². The van der Waals surface area contributed by atoms with Crippen LogP contribution >= 0.6 is 11.3 Å². The number of rotatable bonds is 6. The van der Waals surface area contributed by atoms with Crippen LogP contribution in [0.1, 0.15) is 12.7 Å². The molecule has 0 unspecified atom stereocenters. The van der Waals surface area contributed by atoms with Crippen molar-refractivity contribution in [2.75, 3.05) is 20.8 Å². The first-order valence-corrected chi connectivity index (χ1v) is 7.59. The summed E-state index contributed by atoms with van der Waals surface area (Å²) in [5.74, 6) is 2.08. The zero-order chi connectivity index (χ0) is 15.5. The Morgan fingerprint density at radius 1 is 1.18 bits per heavy atom. The fraction of sp³-hybridized carbons (Fsp3) is 0.357. The van der Waals surface area contributed by atoms with Gasteiger partial charge in [0.2, 0.25) is 4.96 Å². The molecular formula is C14H16N4O3S. The average Bonchev–Trinajstić information content (AvgIpc) is 3.10. The molecule has 0 aliphatic rings. The summed E-state index contributed by atoms with van der Waals surface area (Å²) in [5, 5.41) is 13.5. The van der Waals surface area contributed by atoms with Gasteiger partial charge >= 0.3 is 0 Å². The van der Waals surface area contributed by atoms with Gasteiger partial charge in [0.25, 0.3) is 0 Å². The zero-order valence-electron chi connectivity index (χ0n) is 12.6. The van der Waals surface area contributed by atoms with E-state index in [1.807, 2.05) is 25.1 Å². The summed E-state index contributed by atoms with van der Waals surface area (Å²) < 4.78 is 17.7. The van der Waals surface area contributed by atoms with Crippen LogP contribution in [0, 0.1) is 0 Å². The van der Waals surface area contributed by atoms with Crippen molar-refractivity contribution in [2.24, 2.45) is 0 Å². The minimum absolute atomic E-state index is 0.372. The van der Waals surface area contributed by atoms with Crippen LogP contribution in [0.4, 0.5) is 0 Å². The first-order chi connectivity index (χ1) is 10.8. The van der Waals surface area contributed by atoms with E-state index >= 15 is 0 Å². The molecule has 0 amide bonds. The minimum atomic E-state index is 0.372. The van der Waals surface area contributed by atoms with Gasteiger partial charge < -0.3 is 14.2 Å². The molecule has 0 atom stereocenters. The molecule has 0 N–H and O–H groups in total. The van der Waals surface area contributed by atoms with E-state index in [9.17, 15) is 0 Å². The van der Waals surface area contributed by atoms with Crippen LogP contribution in [0.15, 0.2) is 18.2 Å². The summed E-state index contributed by atoms with van der Waals surface area (Å²) in [6, 6.07) is 5.75. The standard InChI is InChI=1S/C14H16N4O3S/c1-4-21-10-6-5-9(7-11(10)20-3)13-17-18-12(8-19-2)15-16-14(18)22-13/h5-7H,4,8H2,1-3H3. The van der Waals surface area contributed by atoms with E-state index in [-0.39, 0.29) is 0 Å². The van der Waals surface area contributed by atoms with Gasteiger partial charge in [-0.05, 0) is 25.1 Å². The van der Waals surface area contributed by atoms with Gasteiger partial charge in [-0.25, -0.2) is 0 Å². The summed E-state index contributed by atoms with van der Waals surface area (Å²) in [6.07, 6.45) is 0. The first-order valence-electron chi connectivity index (χ1n) is 6.78. The van der Waals surface area contributed by atoms with Crippen LogP contribution in [0.5, 0.6) is 11.5 Å². The molecule has 116 valence electrons. The Hall–Kier alpha value is -2.19. The quantitative estimate of drug-likeness (QED) is 0.694. The lowest BCUT2D eigenvalue weighted by molar-refractivity contribution is 0.176. The highest BCUT2D eigenvalue weighted by atomic mass is 32.1. The molecule has 0 radical (unpaired) electrons. The number of fused-ring (bicyclic) bond motifs is 1. The van der Waals surface area contributed by atoms with Crippen LogP contribution in [-0.2, 0) is 11.3 Å². The second kappa shape index (κ2) is 6.29. The third-order valence-corrected chi connectivity index (χ3v) is 3.99. The van der Waals surface area contributed by atoms with E-state index in [4.69, 9.17) is 14.2 Å². The maximum atomic E-state index is 5.53. The Balaban J connectivity index is 1.99. The van der Waals surface area contributed by atoms with Gasteiger partial charge in [-0.15, -0.1) is 10.2 Å². The summed E-state index contributed by atoms with van der Waals surface area (Å²) in [7, 11) is 3.24. The lowest BCUT2D eigenvalue weighted by atomic mass is 10.2. The minimum Gasteiger partial charge on any atom is -0.493 e. The molecular weight excluding hydrogens is 304 g/mol. The van der Waals surface area contributed by atoms with E-state index < -0.39 is 0 Å². The molecule has 3 rings (SSSR count). The number of hydrogen-bond acceptors (Lipinski definition) is 7. The fourth-order valence-electron chi connectivity index (χ4n) is 2.07. The van der Waals surface area contributed by atoms with Crippen molar-refractivity contribution in [1.29, 1.82) is 0 Å². The molecule has 0 aliphatic heterocycles. The van der Waals surface area contributed by atoms with Crippen LogP contribution in [-0.4, -0.2) is 40.6 Å². The van der Waals surface area contributed by atoms with Gasteiger partial charge in [0.05, 0.1) is 13.7 Å². The highest BCUT2D eigenvalue weighted by molar-refractivity contribution is 7.19. The molecule has 8 heteroatoms. The molecule has 0 saturated carbocycles. The second-order valence-corrected chi connectivity index (χ2v) is 5.41. The molecule has 0 fully saturated rings. The first kappa shape index (κ1) is 14.7. The van der Waals surface area contributed by atoms with Crippen molar-refractivity contribution in [1.82, 2.24) is 19.8 Å². The molecule has 2 heterocycles. The topological polar surface area (TPSA) is 70.8 Å². The van der Waals surface area contributed by atoms with Crippen molar-refractivity contribution in [3.05, 3.63) is 24.0 Å². The van der Waals surface area contributed by atoms with E-state index in [1.165, 1.54) is 11.3 Å². The van der Waals surface area contributed by atoms with Gasteiger partial charge in [0, 0.05) is 12.7 Å². The molecule has 22 heavy (non-hydrogen) atoms. The molecule has 3 aromatic rings. The lowest BCUT2D eigenvalue weighted by Crippen LogP contribution is -1.98. The van der Waals surface area contributed by atoms with Gasteiger partial charge in [-0.1, -0.05) is 11.3 Å². The van der Waals surface area contributed by atoms with E-state index in [2.05, 4.69) is 15.3 Å². The van der Waals surface area contributed by atoms with Gasteiger partial charge in [-0.2, -0.15) is 9.61 Å². The maximum absolute atomic E-state index is 5.53. The molecule has 2 aromatic heterocycles. The van der Waals surface area contributed by atoms with Gasteiger partial charge in [0.15, 0.2) is 17.3 Å². The zero-order valence-corrected chi connectivity index (χ0v) is 13.4. The highest BCUT2D eigenvalue weighted by Crippen LogP contribution is 2.34. The summed E-state index contributed by atoms with van der Waals surface area (Å²) in [6.45, 7) is 2.90. The smallest absolute Gasteiger partial charge is 0.235 e. The Morgan fingerprint density at radius 2 is 2.05 bits per heavy atom. The van der Waals surface area contributed by atoms with Gasteiger partial charge in [-0.3, -0.25) is 0 Å². The summed E-state index contributed by atoms with van der Waals surface area (Å²) >= 11 is 1.46. The molecule has 0 aliphatic carbocycles. The summed E-state index contributed by atoms with van der Waals surface area (Å²) in [4.78, 5) is 0.731.